The maximum Gasteiger partial charge on any atom is 0.303 e. The molecule has 0 N–H and O–H groups in total. The van der Waals surface area contributed by atoms with Crippen molar-refractivity contribution in [1.82, 2.24) is 0 Å². The van der Waals surface area contributed by atoms with Gasteiger partial charge in [0.05, 0.1) is 0 Å². The second-order valence-corrected chi connectivity index (χ2v) is 8.00. The first-order chi connectivity index (χ1) is 14.8. The highest BCUT2D eigenvalue weighted by atomic mass is 32.2. The Morgan fingerprint density at radius 1 is 1.06 bits per heavy atom. The zero-order chi connectivity index (χ0) is 22.8. The van der Waals surface area contributed by atoms with E-state index in [1.165, 1.54) is 32.5 Å². The van der Waals surface area contributed by atoms with Crippen LogP contribution < -0.4 is 0 Å². The summed E-state index contributed by atoms with van der Waals surface area (Å²) < 4.78 is 21.8. The van der Waals surface area contributed by atoms with Gasteiger partial charge in [-0.1, -0.05) is 35.4 Å². The summed E-state index contributed by atoms with van der Waals surface area (Å²) in [5, 5.41) is 3.74. The number of thioether (sulfide) groups is 1. The summed E-state index contributed by atoms with van der Waals surface area (Å²) >= 11 is 1.37. The maximum absolute atomic E-state index is 11.7. The molecule has 10 nitrogen and oxygen atoms in total. The van der Waals surface area contributed by atoms with Gasteiger partial charge in [-0.25, -0.2) is 0 Å². The lowest BCUT2D eigenvalue weighted by Gasteiger charge is -2.43. The van der Waals surface area contributed by atoms with Gasteiger partial charge in [-0.2, -0.15) is 0 Å². The molecule has 5 atom stereocenters. The highest BCUT2D eigenvalue weighted by Gasteiger charge is 2.49. The summed E-state index contributed by atoms with van der Waals surface area (Å²) in [5.41, 5.74) is 9.48. The van der Waals surface area contributed by atoms with E-state index >= 15 is 0 Å². The van der Waals surface area contributed by atoms with Gasteiger partial charge in [-0.05, 0) is 23.3 Å². The van der Waals surface area contributed by atoms with Crippen LogP contribution >= 0.6 is 11.8 Å². The van der Waals surface area contributed by atoms with Gasteiger partial charge in [0, 0.05) is 25.7 Å². The van der Waals surface area contributed by atoms with Crippen molar-refractivity contribution >= 4 is 29.7 Å². The van der Waals surface area contributed by atoms with Gasteiger partial charge in [-0.3, -0.25) is 14.4 Å². The third kappa shape index (κ3) is 7.78. The van der Waals surface area contributed by atoms with Crippen LogP contribution in [0.4, 0.5) is 0 Å². The smallest absolute Gasteiger partial charge is 0.303 e. The average molecular weight is 452 g/mol. The van der Waals surface area contributed by atoms with Crippen molar-refractivity contribution < 1.29 is 33.3 Å². The van der Waals surface area contributed by atoms with Crippen molar-refractivity contribution in [2.45, 2.75) is 57.0 Å². The second kappa shape index (κ2) is 12.2. The van der Waals surface area contributed by atoms with E-state index in [9.17, 15) is 14.4 Å². The van der Waals surface area contributed by atoms with Crippen molar-refractivity contribution in [3.8, 4) is 0 Å². The SMILES string of the molecule is CC(=O)OCC1O[C@H](SCCc2ccccc2)C(OC(C)=O)[C@@H](N=[N+]=[N-])[C@H]1OC(C)=O. The Kier molecular flexibility index (Phi) is 9.64. The monoisotopic (exact) mass is 451 g/mol. The zero-order valence-corrected chi connectivity index (χ0v) is 18.3. The van der Waals surface area contributed by atoms with Gasteiger partial charge in [0.1, 0.15) is 36.4 Å². The van der Waals surface area contributed by atoms with E-state index in [1.807, 2.05) is 30.3 Å². The molecule has 11 heteroatoms. The molecule has 31 heavy (non-hydrogen) atoms. The fourth-order valence-electron chi connectivity index (χ4n) is 3.15. The fourth-order valence-corrected chi connectivity index (χ4v) is 4.36. The molecule has 1 aromatic rings. The molecule has 1 aliphatic rings. The molecule has 168 valence electrons. The van der Waals surface area contributed by atoms with Crippen molar-refractivity contribution in [3.63, 3.8) is 0 Å². The molecular weight excluding hydrogens is 426 g/mol. The number of hydrogen-bond acceptors (Lipinski definition) is 9. The number of ether oxygens (including phenoxy) is 4. The van der Waals surface area contributed by atoms with E-state index in [2.05, 4.69) is 10.0 Å². The molecule has 0 aliphatic carbocycles. The van der Waals surface area contributed by atoms with Crippen molar-refractivity contribution in [2.75, 3.05) is 12.4 Å². The lowest BCUT2D eigenvalue weighted by molar-refractivity contribution is -0.201. The standard InChI is InChI=1S/C20H25N3O7S/c1-12(24)27-11-16-18(28-13(2)25)17(22-23-21)19(29-14(3)26)20(30-16)31-10-9-15-7-5-4-6-8-15/h4-8,16-20H,9-11H2,1-3H3/t16?,17-,18-,19?,20+/m0/s1. The van der Waals surface area contributed by atoms with Gasteiger partial charge in [-0.15, -0.1) is 11.8 Å². The summed E-state index contributed by atoms with van der Waals surface area (Å²) in [7, 11) is 0. The summed E-state index contributed by atoms with van der Waals surface area (Å²) in [6, 6.07) is 8.74. The Hall–Kier alpha value is -2.75. The van der Waals surface area contributed by atoms with Gasteiger partial charge in [0.15, 0.2) is 0 Å². The summed E-state index contributed by atoms with van der Waals surface area (Å²) in [6.07, 6.45) is -2.26. The minimum atomic E-state index is -1.09. The van der Waals surface area contributed by atoms with Crippen molar-refractivity contribution in [3.05, 3.63) is 46.3 Å². The molecule has 1 aromatic carbocycles. The molecule has 2 unspecified atom stereocenters. The molecule has 0 amide bonds. The molecule has 1 saturated heterocycles. The van der Waals surface area contributed by atoms with Crippen molar-refractivity contribution in [1.29, 1.82) is 0 Å². The average Bonchev–Trinajstić information content (AvgIpc) is 2.71. The number of carbonyl (C=O) groups excluding carboxylic acids is 3. The number of aryl methyl sites for hydroxylation is 1. The predicted molar refractivity (Wildman–Crippen MR) is 112 cm³/mol. The molecule has 0 spiro atoms. The third-order valence-electron chi connectivity index (χ3n) is 4.37. The van der Waals surface area contributed by atoms with Crippen LogP contribution in [0.3, 0.4) is 0 Å². The summed E-state index contributed by atoms with van der Waals surface area (Å²) in [4.78, 5) is 37.5. The minimum absolute atomic E-state index is 0.215. The number of benzene rings is 1. The van der Waals surface area contributed by atoms with Crippen LogP contribution in [0.25, 0.3) is 10.4 Å². The molecule has 1 aliphatic heterocycles. The van der Waals surface area contributed by atoms with Gasteiger partial charge < -0.3 is 18.9 Å². The van der Waals surface area contributed by atoms with E-state index in [0.29, 0.717) is 5.75 Å². The molecule has 2 rings (SSSR count). The van der Waals surface area contributed by atoms with Crippen LogP contribution in [0, 0.1) is 0 Å². The van der Waals surface area contributed by atoms with Crippen LogP contribution in [0.2, 0.25) is 0 Å². The van der Waals surface area contributed by atoms with Crippen LogP contribution in [-0.4, -0.2) is 60.1 Å². The summed E-state index contributed by atoms with van der Waals surface area (Å²) in [5.74, 6) is -1.16. The quantitative estimate of drug-likeness (QED) is 0.184. The van der Waals surface area contributed by atoms with Gasteiger partial charge in [0.2, 0.25) is 0 Å². The lowest BCUT2D eigenvalue weighted by atomic mass is 9.97. The number of rotatable bonds is 9. The Balaban J connectivity index is 2.26. The Morgan fingerprint density at radius 3 is 2.29 bits per heavy atom. The van der Waals surface area contributed by atoms with Crippen LogP contribution in [-0.2, 0) is 39.8 Å². The van der Waals surface area contributed by atoms with Crippen LogP contribution in [0.5, 0.6) is 0 Å². The van der Waals surface area contributed by atoms with E-state index < -0.39 is 47.7 Å². The highest BCUT2D eigenvalue weighted by molar-refractivity contribution is 7.99. The number of nitrogens with zero attached hydrogens (tertiary/aromatic N) is 3. The van der Waals surface area contributed by atoms with Gasteiger partial charge in [0.25, 0.3) is 0 Å². The molecule has 0 aromatic heterocycles. The summed E-state index contributed by atoms with van der Waals surface area (Å²) in [6.45, 7) is 3.44. The number of carbonyl (C=O) groups is 3. The lowest BCUT2D eigenvalue weighted by Crippen LogP contribution is -2.59. The molecular formula is C20H25N3O7S. The van der Waals surface area contributed by atoms with Crippen LogP contribution in [0.15, 0.2) is 35.4 Å². The first-order valence-corrected chi connectivity index (χ1v) is 10.7. The van der Waals surface area contributed by atoms with E-state index in [1.54, 1.807) is 0 Å². The second-order valence-electron chi connectivity index (χ2n) is 6.80. The molecule has 0 bridgehead atoms. The molecule has 0 radical (unpaired) electrons. The highest BCUT2D eigenvalue weighted by Crippen LogP contribution is 2.34. The topological polar surface area (TPSA) is 137 Å². The first-order valence-electron chi connectivity index (χ1n) is 9.64. The number of azide groups is 1. The Bertz CT molecular complexity index is 816. The Labute approximate surface area is 184 Å². The number of esters is 3. The largest absolute Gasteiger partial charge is 0.463 e. The molecule has 1 heterocycles. The minimum Gasteiger partial charge on any atom is -0.463 e. The molecule has 1 fully saturated rings. The first kappa shape index (κ1) is 24.5. The fraction of sp³-hybridized carbons (Fsp3) is 0.550. The van der Waals surface area contributed by atoms with E-state index in [-0.39, 0.29) is 6.61 Å². The normalized spacial score (nSPS) is 25.1. The van der Waals surface area contributed by atoms with E-state index in [4.69, 9.17) is 24.5 Å². The predicted octanol–water partition coefficient (Wildman–Crippen LogP) is 2.79. The third-order valence-corrected chi connectivity index (χ3v) is 5.52. The molecule has 0 saturated carbocycles. The van der Waals surface area contributed by atoms with E-state index in [0.717, 1.165) is 12.0 Å². The zero-order valence-electron chi connectivity index (χ0n) is 17.5. The van der Waals surface area contributed by atoms with Crippen LogP contribution in [0.1, 0.15) is 26.3 Å². The maximum atomic E-state index is 11.7. The van der Waals surface area contributed by atoms with Crippen molar-refractivity contribution in [2.24, 2.45) is 5.11 Å². The van der Waals surface area contributed by atoms with Gasteiger partial charge >= 0.3 is 17.9 Å². The number of hydrogen-bond donors (Lipinski definition) is 0. The Morgan fingerprint density at radius 2 is 1.71 bits per heavy atom.